The number of ether oxygens (including phenoxy) is 3. The lowest BCUT2D eigenvalue weighted by Crippen LogP contribution is -2.13. The van der Waals surface area contributed by atoms with Crippen LogP contribution in [0, 0.1) is 5.82 Å². The van der Waals surface area contributed by atoms with Crippen molar-refractivity contribution in [3.8, 4) is 0 Å². The Morgan fingerprint density at radius 1 is 1.12 bits per heavy atom. The second kappa shape index (κ2) is 8.15. The average molecular weight is 402 g/mol. The highest BCUT2D eigenvalue weighted by atomic mass is 35.5. The van der Waals surface area contributed by atoms with Gasteiger partial charge in [0.25, 0.3) is 0 Å². The summed E-state index contributed by atoms with van der Waals surface area (Å²) in [6.45, 7) is -0.536. The fourth-order valence-corrected chi connectivity index (χ4v) is 3.33. The quantitative estimate of drug-likeness (QED) is 0.606. The standard InChI is InChI=1S/C16H13ClFNO6S/c1-23-14(20)10-7(12(16(22)24-2)26-13(10)19)6-25-15(21)11-8(17)4-3-5-9(11)18/h3-5H,6,19H2,1-2H3. The van der Waals surface area contributed by atoms with Crippen LogP contribution in [0.2, 0.25) is 5.02 Å². The average Bonchev–Trinajstić information content (AvgIpc) is 2.94. The van der Waals surface area contributed by atoms with E-state index >= 15 is 0 Å². The van der Waals surface area contributed by atoms with Crippen LogP contribution >= 0.6 is 22.9 Å². The molecule has 0 bridgehead atoms. The maximum atomic E-state index is 13.8. The summed E-state index contributed by atoms with van der Waals surface area (Å²) >= 11 is 6.59. The first kappa shape index (κ1) is 19.7. The van der Waals surface area contributed by atoms with Gasteiger partial charge in [0.05, 0.1) is 19.2 Å². The number of thiophene rings is 1. The minimum Gasteiger partial charge on any atom is -0.465 e. The van der Waals surface area contributed by atoms with Crippen molar-refractivity contribution in [3.05, 3.63) is 50.6 Å². The van der Waals surface area contributed by atoms with E-state index in [9.17, 15) is 18.8 Å². The molecule has 2 aromatic rings. The third-order valence-electron chi connectivity index (χ3n) is 3.31. The van der Waals surface area contributed by atoms with Crippen molar-refractivity contribution < 1.29 is 33.0 Å². The van der Waals surface area contributed by atoms with Crippen LogP contribution in [0.5, 0.6) is 0 Å². The van der Waals surface area contributed by atoms with Crippen LogP contribution in [-0.4, -0.2) is 32.1 Å². The SMILES string of the molecule is COC(=O)c1sc(N)c(C(=O)OC)c1COC(=O)c1c(F)cccc1Cl. The van der Waals surface area contributed by atoms with Gasteiger partial charge in [-0.25, -0.2) is 18.8 Å². The molecular weight excluding hydrogens is 389 g/mol. The van der Waals surface area contributed by atoms with Crippen LogP contribution in [0.4, 0.5) is 9.39 Å². The molecule has 7 nitrogen and oxygen atoms in total. The first-order valence-electron chi connectivity index (χ1n) is 7.00. The summed E-state index contributed by atoms with van der Waals surface area (Å²) in [4.78, 5) is 36.0. The van der Waals surface area contributed by atoms with Crippen LogP contribution in [0.15, 0.2) is 18.2 Å². The fraction of sp³-hybridized carbons (Fsp3) is 0.188. The first-order chi connectivity index (χ1) is 12.3. The molecule has 0 aliphatic heterocycles. The van der Waals surface area contributed by atoms with E-state index in [1.54, 1.807) is 0 Å². The predicted molar refractivity (Wildman–Crippen MR) is 91.9 cm³/mol. The largest absolute Gasteiger partial charge is 0.465 e. The highest BCUT2D eigenvalue weighted by Crippen LogP contribution is 2.33. The van der Waals surface area contributed by atoms with Crippen LogP contribution in [0.1, 0.15) is 36.0 Å². The third kappa shape index (κ3) is 3.78. The van der Waals surface area contributed by atoms with Crippen molar-refractivity contribution in [2.24, 2.45) is 0 Å². The summed E-state index contributed by atoms with van der Waals surface area (Å²) in [5, 5.41) is -0.145. The Labute approximate surface area is 156 Å². The predicted octanol–water partition coefficient (Wildman–Crippen LogP) is 3.05. The lowest BCUT2D eigenvalue weighted by molar-refractivity contribution is 0.0448. The number of anilines is 1. The Bertz CT molecular complexity index is 862. The van der Waals surface area contributed by atoms with Gasteiger partial charge in [-0.05, 0) is 12.1 Å². The smallest absolute Gasteiger partial charge is 0.348 e. The van der Waals surface area contributed by atoms with E-state index in [0.29, 0.717) is 0 Å². The molecule has 2 rings (SSSR count). The second-order valence-electron chi connectivity index (χ2n) is 4.80. The van der Waals surface area contributed by atoms with Crippen molar-refractivity contribution in [1.29, 1.82) is 0 Å². The summed E-state index contributed by atoms with van der Waals surface area (Å²) in [6, 6.07) is 3.70. The van der Waals surface area contributed by atoms with Gasteiger partial charge in [-0.2, -0.15) is 0 Å². The zero-order valence-corrected chi connectivity index (χ0v) is 15.2. The highest BCUT2D eigenvalue weighted by molar-refractivity contribution is 7.18. The summed E-state index contributed by atoms with van der Waals surface area (Å²) in [7, 11) is 2.27. The van der Waals surface area contributed by atoms with E-state index in [0.717, 1.165) is 31.6 Å². The number of benzene rings is 1. The second-order valence-corrected chi connectivity index (χ2v) is 6.26. The molecule has 1 heterocycles. The topological polar surface area (TPSA) is 105 Å². The van der Waals surface area contributed by atoms with E-state index in [-0.39, 0.29) is 26.0 Å². The van der Waals surface area contributed by atoms with Gasteiger partial charge >= 0.3 is 17.9 Å². The van der Waals surface area contributed by atoms with Crippen LogP contribution in [-0.2, 0) is 20.8 Å². The summed E-state index contributed by atoms with van der Waals surface area (Å²) in [5.74, 6) is -3.52. The number of hydrogen-bond acceptors (Lipinski definition) is 8. The Hall–Kier alpha value is -2.65. The monoisotopic (exact) mass is 401 g/mol. The van der Waals surface area contributed by atoms with Gasteiger partial charge in [0.1, 0.15) is 33.4 Å². The van der Waals surface area contributed by atoms with Crippen molar-refractivity contribution in [2.75, 3.05) is 20.0 Å². The summed E-state index contributed by atoms with van der Waals surface area (Å²) in [5.41, 5.74) is 5.19. The molecule has 1 aromatic heterocycles. The molecule has 0 atom stereocenters. The third-order valence-corrected chi connectivity index (χ3v) is 4.67. The molecule has 0 amide bonds. The van der Waals surface area contributed by atoms with E-state index < -0.39 is 35.9 Å². The van der Waals surface area contributed by atoms with Crippen molar-refractivity contribution >= 4 is 45.8 Å². The van der Waals surface area contributed by atoms with E-state index in [4.69, 9.17) is 22.1 Å². The number of rotatable bonds is 5. The molecule has 2 N–H and O–H groups in total. The molecule has 0 saturated carbocycles. The molecule has 0 spiro atoms. The first-order valence-corrected chi connectivity index (χ1v) is 8.20. The Kier molecular flexibility index (Phi) is 6.17. The Morgan fingerprint density at radius 3 is 2.35 bits per heavy atom. The molecule has 10 heteroatoms. The van der Waals surface area contributed by atoms with Gasteiger partial charge in [-0.15, -0.1) is 11.3 Å². The molecule has 0 unspecified atom stereocenters. The summed E-state index contributed by atoms with van der Waals surface area (Å²) in [6.07, 6.45) is 0. The van der Waals surface area contributed by atoms with Crippen molar-refractivity contribution in [2.45, 2.75) is 6.61 Å². The molecular formula is C16H13ClFNO6S. The zero-order chi connectivity index (χ0) is 19.4. The van der Waals surface area contributed by atoms with E-state index in [1.807, 2.05) is 0 Å². The lowest BCUT2D eigenvalue weighted by atomic mass is 10.1. The Balaban J connectivity index is 2.37. The number of nitrogens with two attached hydrogens (primary N) is 1. The maximum Gasteiger partial charge on any atom is 0.348 e. The molecule has 0 radical (unpaired) electrons. The Morgan fingerprint density at radius 2 is 1.77 bits per heavy atom. The van der Waals surface area contributed by atoms with Crippen molar-refractivity contribution in [1.82, 2.24) is 0 Å². The van der Waals surface area contributed by atoms with Gasteiger partial charge in [0.2, 0.25) is 0 Å². The van der Waals surface area contributed by atoms with Gasteiger partial charge in [-0.1, -0.05) is 17.7 Å². The van der Waals surface area contributed by atoms with Gasteiger partial charge in [-0.3, -0.25) is 0 Å². The minimum atomic E-state index is -1.07. The molecule has 26 heavy (non-hydrogen) atoms. The van der Waals surface area contributed by atoms with Gasteiger partial charge < -0.3 is 19.9 Å². The number of hydrogen-bond donors (Lipinski definition) is 1. The number of methoxy groups -OCH3 is 2. The van der Waals surface area contributed by atoms with Crippen LogP contribution in [0.25, 0.3) is 0 Å². The number of halogens is 2. The normalized spacial score (nSPS) is 10.3. The number of carbonyl (C=O) groups excluding carboxylic acids is 3. The number of nitrogen functional groups attached to an aromatic ring is 1. The van der Waals surface area contributed by atoms with Gasteiger partial charge in [0.15, 0.2) is 0 Å². The highest BCUT2D eigenvalue weighted by Gasteiger charge is 2.28. The minimum absolute atomic E-state index is 0.00649. The molecule has 0 aliphatic rings. The molecule has 1 aromatic carbocycles. The molecule has 0 fully saturated rings. The van der Waals surface area contributed by atoms with Crippen LogP contribution in [0.3, 0.4) is 0 Å². The molecule has 0 saturated heterocycles. The zero-order valence-electron chi connectivity index (χ0n) is 13.6. The van der Waals surface area contributed by atoms with Crippen molar-refractivity contribution in [3.63, 3.8) is 0 Å². The number of carbonyl (C=O) groups is 3. The number of esters is 3. The van der Waals surface area contributed by atoms with E-state index in [2.05, 4.69) is 9.47 Å². The summed E-state index contributed by atoms with van der Waals surface area (Å²) < 4.78 is 28.1. The van der Waals surface area contributed by atoms with Gasteiger partial charge in [0, 0.05) is 5.56 Å². The van der Waals surface area contributed by atoms with Crippen LogP contribution < -0.4 is 5.73 Å². The fourth-order valence-electron chi connectivity index (χ4n) is 2.11. The molecule has 138 valence electrons. The van der Waals surface area contributed by atoms with E-state index in [1.165, 1.54) is 12.1 Å². The molecule has 0 aliphatic carbocycles. The maximum absolute atomic E-state index is 13.8. The lowest BCUT2D eigenvalue weighted by Gasteiger charge is -2.09.